The number of nitrogens with zero attached hydrogens (tertiary/aromatic N) is 2. The third-order valence-corrected chi connectivity index (χ3v) is 4.76. The van der Waals surface area contributed by atoms with Crippen LogP contribution in [0.2, 0.25) is 0 Å². The predicted octanol–water partition coefficient (Wildman–Crippen LogP) is 2.15. The third-order valence-electron chi connectivity index (χ3n) is 4.76. The Morgan fingerprint density at radius 3 is 2.72 bits per heavy atom. The lowest BCUT2D eigenvalue weighted by Crippen LogP contribution is -2.45. The molecule has 0 aliphatic carbocycles. The van der Waals surface area contributed by atoms with Crippen LogP contribution in [0.1, 0.15) is 37.9 Å². The lowest BCUT2D eigenvalue weighted by atomic mass is 10.2. The monoisotopic (exact) mass is 406 g/mol. The van der Waals surface area contributed by atoms with Crippen LogP contribution >= 0.6 is 0 Å². The summed E-state index contributed by atoms with van der Waals surface area (Å²) in [5, 5.41) is 0. The third kappa shape index (κ3) is 7.73. The van der Waals surface area contributed by atoms with Gasteiger partial charge in [-0.2, -0.15) is 0 Å². The minimum absolute atomic E-state index is 0.00229. The number of amides is 2. The molecule has 0 aromatic carbocycles. The Hall–Kier alpha value is -2.61. The van der Waals surface area contributed by atoms with Gasteiger partial charge in [0, 0.05) is 32.5 Å². The Labute approximate surface area is 171 Å². The molecular formula is C21H30N2O6. The average Bonchev–Trinajstić information content (AvgIpc) is 3.41. The summed E-state index contributed by atoms with van der Waals surface area (Å²) in [6.45, 7) is 5.36. The first-order chi connectivity index (χ1) is 14.0. The Balaban J connectivity index is 1.97. The summed E-state index contributed by atoms with van der Waals surface area (Å²) in [6, 6.07) is 3.59. The predicted molar refractivity (Wildman–Crippen MR) is 106 cm³/mol. The minimum atomic E-state index is -0.356. The van der Waals surface area contributed by atoms with Gasteiger partial charge in [-0.25, -0.2) is 0 Å². The summed E-state index contributed by atoms with van der Waals surface area (Å²) >= 11 is 0. The molecule has 2 rings (SSSR count). The fourth-order valence-electron chi connectivity index (χ4n) is 3.20. The van der Waals surface area contributed by atoms with Crippen molar-refractivity contribution in [1.82, 2.24) is 9.80 Å². The molecule has 0 bridgehead atoms. The van der Waals surface area contributed by atoms with Gasteiger partial charge >= 0.3 is 5.97 Å². The fraction of sp³-hybridized carbons (Fsp3) is 0.571. The van der Waals surface area contributed by atoms with Crippen LogP contribution in [0.5, 0.6) is 0 Å². The van der Waals surface area contributed by atoms with Crippen molar-refractivity contribution >= 4 is 17.8 Å². The van der Waals surface area contributed by atoms with E-state index in [4.69, 9.17) is 9.15 Å². The normalized spacial score (nSPS) is 15.7. The number of carbonyl (C=O) groups excluding carboxylic acids is 3. The van der Waals surface area contributed by atoms with E-state index in [1.807, 2.05) is 6.07 Å². The molecule has 0 radical (unpaired) electrons. The van der Waals surface area contributed by atoms with Crippen molar-refractivity contribution in [2.75, 3.05) is 33.4 Å². The van der Waals surface area contributed by atoms with Gasteiger partial charge in [-0.15, -0.1) is 6.58 Å². The molecule has 8 nitrogen and oxygen atoms in total. The van der Waals surface area contributed by atoms with Crippen molar-refractivity contribution in [3.63, 3.8) is 0 Å². The van der Waals surface area contributed by atoms with Crippen LogP contribution in [0.3, 0.4) is 0 Å². The zero-order chi connectivity index (χ0) is 21.1. The molecule has 160 valence electrons. The van der Waals surface area contributed by atoms with Gasteiger partial charge in [-0.3, -0.25) is 14.4 Å². The van der Waals surface area contributed by atoms with E-state index in [1.54, 1.807) is 23.3 Å². The highest BCUT2D eigenvalue weighted by molar-refractivity contribution is 5.85. The highest BCUT2D eigenvalue weighted by Gasteiger charge is 2.26. The lowest BCUT2D eigenvalue weighted by Gasteiger charge is -2.28. The van der Waals surface area contributed by atoms with Crippen molar-refractivity contribution in [3.8, 4) is 0 Å². The second kappa shape index (κ2) is 12.1. The number of rotatable bonds is 12. The molecule has 1 aromatic heterocycles. The van der Waals surface area contributed by atoms with Crippen molar-refractivity contribution in [2.45, 2.75) is 44.8 Å². The van der Waals surface area contributed by atoms with E-state index in [0.717, 1.165) is 12.8 Å². The lowest BCUT2D eigenvalue weighted by molar-refractivity contribution is -0.143. The molecule has 1 fully saturated rings. The molecule has 0 saturated carbocycles. The highest BCUT2D eigenvalue weighted by atomic mass is 16.5. The molecule has 29 heavy (non-hydrogen) atoms. The first kappa shape index (κ1) is 22.7. The van der Waals surface area contributed by atoms with Crippen LogP contribution in [0.15, 0.2) is 35.5 Å². The van der Waals surface area contributed by atoms with E-state index < -0.39 is 0 Å². The van der Waals surface area contributed by atoms with Crippen molar-refractivity contribution in [2.24, 2.45) is 0 Å². The zero-order valence-corrected chi connectivity index (χ0v) is 17.0. The summed E-state index contributed by atoms with van der Waals surface area (Å²) in [5.74, 6) is -0.0568. The fourth-order valence-corrected chi connectivity index (χ4v) is 3.20. The molecular weight excluding hydrogens is 376 g/mol. The molecule has 1 aliphatic rings. The van der Waals surface area contributed by atoms with Gasteiger partial charge < -0.3 is 23.7 Å². The van der Waals surface area contributed by atoms with E-state index >= 15 is 0 Å². The topological polar surface area (TPSA) is 89.3 Å². The molecule has 1 unspecified atom stereocenters. The molecule has 0 spiro atoms. The smallest absolute Gasteiger partial charge is 0.305 e. The Bertz CT molecular complexity index is 667. The maximum atomic E-state index is 13.0. The van der Waals surface area contributed by atoms with E-state index in [2.05, 4.69) is 11.3 Å². The molecule has 2 heterocycles. The highest BCUT2D eigenvalue weighted by Crippen LogP contribution is 2.16. The van der Waals surface area contributed by atoms with Crippen LogP contribution in [0.4, 0.5) is 0 Å². The van der Waals surface area contributed by atoms with Gasteiger partial charge in [0.25, 0.3) is 0 Å². The van der Waals surface area contributed by atoms with E-state index in [9.17, 15) is 14.4 Å². The summed E-state index contributed by atoms with van der Waals surface area (Å²) in [7, 11) is 1.31. The summed E-state index contributed by atoms with van der Waals surface area (Å²) in [4.78, 5) is 39.9. The second-order valence-electron chi connectivity index (χ2n) is 6.98. The van der Waals surface area contributed by atoms with Crippen LogP contribution in [-0.4, -0.2) is 67.0 Å². The van der Waals surface area contributed by atoms with E-state index in [0.29, 0.717) is 31.9 Å². The number of ether oxygens (including phenoxy) is 2. The zero-order valence-electron chi connectivity index (χ0n) is 17.0. The number of methoxy groups -OCH3 is 1. The van der Waals surface area contributed by atoms with Crippen LogP contribution in [-0.2, 0) is 30.4 Å². The first-order valence-electron chi connectivity index (χ1n) is 9.90. The summed E-state index contributed by atoms with van der Waals surface area (Å²) in [5.41, 5.74) is 0. The van der Waals surface area contributed by atoms with Gasteiger partial charge in [0.2, 0.25) is 11.8 Å². The van der Waals surface area contributed by atoms with Crippen molar-refractivity contribution in [3.05, 3.63) is 36.8 Å². The van der Waals surface area contributed by atoms with Crippen LogP contribution in [0.25, 0.3) is 0 Å². The minimum Gasteiger partial charge on any atom is -0.469 e. The maximum Gasteiger partial charge on any atom is 0.305 e. The molecule has 2 amide bonds. The van der Waals surface area contributed by atoms with Crippen molar-refractivity contribution in [1.29, 1.82) is 0 Å². The van der Waals surface area contributed by atoms with Gasteiger partial charge in [0.1, 0.15) is 12.3 Å². The van der Waals surface area contributed by atoms with Crippen LogP contribution in [0, 0.1) is 0 Å². The molecule has 1 atom stereocenters. The Kier molecular flexibility index (Phi) is 9.43. The molecule has 0 N–H and O–H groups in total. The second-order valence-corrected chi connectivity index (χ2v) is 6.98. The van der Waals surface area contributed by atoms with Gasteiger partial charge in [-0.05, 0) is 31.4 Å². The number of carbonyl (C=O) groups is 3. The quantitative estimate of drug-likeness (QED) is 0.390. The molecule has 1 saturated heterocycles. The summed E-state index contributed by atoms with van der Waals surface area (Å²) < 4.78 is 15.7. The van der Waals surface area contributed by atoms with Gasteiger partial charge in [-0.1, -0.05) is 6.08 Å². The van der Waals surface area contributed by atoms with Crippen LogP contribution < -0.4 is 0 Å². The first-order valence-corrected chi connectivity index (χ1v) is 9.90. The van der Waals surface area contributed by atoms with E-state index in [1.165, 1.54) is 12.0 Å². The average molecular weight is 406 g/mol. The number of furan rings is 1. The number of hydrogen-bond acceptors (Lipinski definition) is 6. The molecule has 8 heteroatoms. The van der Waals surface area contributed by atoms with Gasteiger partial charge in [0.05, 0.1) is 26.0 Å². The van der Waals surface area contributed by atoms with E-state index in [-0.39, 0.29) is 49.8 Å². The SMILES string of the molecule is C=CCN(CC(=O)N(Cc1ccco1)CC1CCCO1)C(=O)CCCC(=O)OC. The molecule has 1 aliphatic heterocycles. The van der Waals surface area contributed by atoms with Crippen molar-refractivity contribution < 1.29 is 28.3 Å². The Morgan fingerprint density at radius 2 is 2.10 bits per heavy atom. The number of hydrogen-bond donors (Lipinski definition) is 0. The summed E-state index contributed by atoms with van der Waals surface area (Å²) in [6.07, 6.45) is 5.75. The standard InChI is InChI=1S/C21H30N2O6/c1-3-11-22(19(24)9-4-10-21(26)27-2)16-20(25)23(14-17-7-5-12-28-17)15-18-8-6-13-29-18/h3,5,7,12,18H,1,4,6,8-11,13-16H2,2H3. The Morgan fingerprint density at radius 1 is 1.28 bits per heavy atom. The van der Waals surface area contributed by atoms with Gasteiger partial charge in [0.15, 0.2) is 0 Å². The maximum absolute atomic E-state index is 13.0. The number of esters is 1. The molecule has 1 aromatic rings. The largest absolute Gasteiger partial charge is 0.469 e.